The third-order valence-electron chi connectivity index (χ3n) is 7.97. The zero-order valence-electron chi connectivity index (χ0n) is 26.2. The summed E-state index contributed by atoms with van der Waals surface area (Å²) in [4.78, 5) is 44.6. The van der Waals surface area contributed by atoms with E-state index in [4.69, 9.17) is 4.74 Å². The Labute approximate surface area is 272 Å². The number of nitrogens with zero attached hydrogens (tertiary/aromatic N) is 5. The van der Waals surface area contributed by atoms with E-state index in [2.05, 4.69) is 42.4 Å². The maximum absolute atomic E-state index is 13.7. The first kappa shape index (κ1) is 31.3. The molecular weight excluding hydrogens is 594 g/mol. The fourth-order valence-electron chi connectivity index (χ4n) is 5.25. The molecular formula is C36H35N7O4. The number of hydrogen-bond donors (Lipinski definition) is 3. The number of carbonyl (C=O) groups excluding carboxylic acids is 2. The Balaban J connectivity index is 1.23. The molecule has 0 bridgehead atoms. The van der Waals surface area contributed by atoms with Crippen LogP contribution in [0.2, 0.25) is 0 Å². The fraction of sp³-hybridized carbons (Fsp3) is 0.194. The van der Waals surface area contributed by atoms with E-state index in [1.165, 1.54) is 12.1 Å². The molecule has 1 amide bonds. The van der Waals surface area contributed by atoms with E-state index in [-0.39, 0.29) is 22.6 Å². The van der Waals surface area contributed by atoms with E-state index in [1.807, 2.05) is 37.3 Å². The van der Waals surface area contributed by atoms with Gasteiger partial charge in [0.05, 0.1) is 11.3 Å². The Bertz CT molecular complexity index is 1890. The third-order valence-corrected chi connectivity index (χ3v) is 7.97. The van der Waals surface area contributed by atoms with Gasteiger partial charge in [0, 0.05) is 68.3 Å². The van der Waals surface area contributed by atoms with Crippen LogP contribution in [0.3, 0.4) is 0 Å². The normalized spacial score (nSPS) is 13.6. The number of ether oxygens (including phenoxy) is 1. The molecule has 0 spiro atoms. The van der Waals surface area contributed by atoms with Gasteiger partial charge < -0.3 is 25.4 Å². The zero-order chi connectivity index (χ0) is 32.8. The van der Waals surface area contributed by atoms with Crippen LogP contribution in [0.1, 0.15) is 31.8 Å². The van der Waals surface area contributed by atoms with Gasteiger partial charge in [-0.15, -0.1) is 0 Å². The van der Waals surface area contributed by atoms with Crippen molar-refractivity contribution in [2.24, 2.45) is 0 Å². The number of aromatic hydroxyl groups is 1. The Morgan fingerprint density at radius 2 is 1.74 bits per heavy atom. The highest BCUT2D eigenvalue weighted by molar-refractivity contribution is 6.07. The van der Waals surface area contributed by atoms with Crippen LogP contribution in [-0.4, -0.2) is 75.0 Å². The molecule has 1 fully saturated rings. The average Bonchev–Trinajstić information content (AvgIpc) is 3.08. The first-order valence-electron chi connectivity index (χ1n) is 15.3. The highest BCUT2D eigenvalue weighted by atomic mass is 16.5. The maximum Gasteiger partial charge on any atom is 0.347 e. The van der Waals surface area contributed by atoms with E-state index in [1.54, 1.807) is 55.0 Å². The molecule has 0 radical (unpaired) electrons. The topological polar surface area (TPSA) is 133 Å². The molecule has 2 aromatic heterocycles. The number of rotatable bonds is 9. The predicted octanol–water partition coefficient (Wildman–Crippen LogP) is 5.52. The van der Waals surface area contributed by atoms with Crippen molar-refractivity contribution in [2.45, 2.75) is 13.5 Å². The lowest BCUT2D eigenvalue weighted by Gasteiger charge is -2.32. The van der Waals surface area contributed by atoms with Crippen LogP contribution in [0.5, 0.6) is 11.5 Å². The number of phenols is 1. The second-order valence-corrected chi connectivity index (χ2v) is 11.4. The number of likely N-dealkylation sites (N-methyl/N-ethyl adjacent to an activating group) is 1. The standard InChI is InChI=1S/C36H35N7O4/c1-24-9-11-27(21-31(24)41-36-38-15-13-30(40-36)26-6-5-14-37-22-26)39-34(45)29-12-10-25(23-43-18-16-42(2)17-19-43)20-33(29)47-35(46)28-7-3-4-8-32(28)44/h3-15,20-22,44H,16-19,23H2,1-2H3,(H,39,45)(H,38,40,41). The Morgan fingerprint density at radius 3 is 2.53 bits per heavy atom. The Hall–Kier alpha value is -5.65. The number of esters is 1. The quantitative estimate of drug-likeness (QED) is 0.142. The number of phenolic OH excluding ortho intramolecular Hbond substituents is 1. The molecule has 6 rings (SSSR count). The van der Waals surface area contributed by atoms with Gasteiger partial charge >= 0.3 is 5.97 Å². The lowest BCUT2D eigenvalue weighted by Crippen LogP contribution is -2.43. The number of pyridine rings is 1. The molecule has 3 N–H and O–H groups in total. The number of nitrogens with one attached hydrogen (secondary N) is 2. The molecule has 1 saturated heterocycles. The summed E-state index contributed by atoms with van der Waals surface area (Å²) in [7, 11) is 2.10. The number of carbonyl (C=O) groups is 2. The SMILES string of the molecule is Cc1ccc(NC(=O)c2ccc(CN3CCN(C)CC3)cc2OC(=O)c2ccccc2O)cc1Nc1nccc(-c2cccnc2)n1. The lowest BCUT2D eigenvalue weighted by atomic mass is 10.1. The van der Waals surface area contributed by atoms with Crippen molar-refractivity contribution in [2.75, 3.05) is 43.9 Å². The van der Waals surface area contributed by atoms with Gasteiger partial charge in [-0.3, -0.25) is 14.7 Å². The zero-order valence-corrected chi connectivity index (χ0v) is 26.2. The van der Waals surface area contributed by atoms with Gasteiger partial charge in [-0.25, -0.2) is 14.8 Å². The second-order valence-electron chi connectivity index (χ2n) is 11.4. The minimum Gasteiger partial charge on any atom is -0.507 e. The van der Waals surface area contributed by atoms with Crippen molar-refractivity contribution >= 4 is 29.2 Å². The highest BCUT2D eigenvalue weighted by Gasteiger charge is 2.21. The van der Waals surface area contributed by atoms with Crippen LogP contribution in [0.15, 0.2) is 97.5 Å². The van der Waals surface area contributed by atoms with Gasteiger partial charge in [0.15, 0.2) is 0 Å². The highest BCUT2D eigenvalue weighted by Crippen LogP contribution is 2.28. The van der Waals surface area contributed by atoms with Gasteiger partial charge in [0.1, 0.15) is 17.1 Å². The Morgan fingerprint density at radius 1 is 0.915 bits per heavy atom. The number of piperazine rings is 1. The number of para-hydroxylation sites is 1. The van der Waals surface area contributed by atoms with Crippen molar-refractivity contribution < 1.29 is 19.4 Å². The van der Waals surface area contributed by atoms with Crippen LogP contribution in [0, 0.1) is 6.92 Å². The molecule has 1 aliphatic rings. The number of aryl methyl sites for hydroxylation is 1. The molecule has 1 aliphatic heterocycles. The van der Waals surface area contributed by atoms with Crippen LogP contribution >= 0.6 is 0 Å². The molecule has 0 saturated carbocycles. The molecule has 3 aromatic carbocycles. The monoisotopic (exact) mass is 629 g/mol. The number of amides is 1. The van der Waals surface area contributed by atoms with E-state index < -0.39 is 11.9 Å². The van der Waals surface area contributed by atoms with E-state index in [0.717, 1.165) is 48.6 Å². The van der Waals surface area contributed by atoms with Gasteiger partial charge in [0.2, 0.25) is 5.95 Å². The number of anilines is 3. The van der Waals surface area contributed by atoms with Gasteiger partial charge in [-0.2, -0.15) is 0 Å². The third kappa shape index (κ3) is 7.78. The summed E-state index contributed by atoms with van der Waals surface area (Å²) >= 11 is 0. The Kier molecular flexibility index (Phi) is 9.46. The molecule has 5 aromatic rings. The number of benzene rings is 3. The minimum absolute atomic E-state index is 0.00685. The number of aromatic nitrogens is 3. The van der Waals surface area contributed by atoms with Crippen molar-refractivity contribution in [3.63, 3.8) is 0 Å². The summed E-state index contributed by atoms with van der Waals surface area (Å²) in [6.07, 6.45) is 5.11. The molecule has 0 unspecified atom stereocenters. The summed E-state index contributed by atoms with van der Waals surface area (Å²) in [5.74, 6) is -0.919. The van der Waals surface area contributed by atoms with Crippen LogP contribution in [-0.2, 0) is 6.54 Å². The van der Waals surface area contributed by atoms with Gasteiger partial charge in [-0.1, -0.05) is 24.3 Å². The molecule has 3 heterocycles. The second kappa shape index (κ2) is 14.2. The van der Waals surface area contributed by atoms with Crippen molar-refractivity contribution in [3.05, 3.63) is 120 Å². The van der Waals surface area contributed by atoms with Crippen LogP contribution in [0.4, 0.5) is 17.3 Å². The maximum atomic E-state index is 13.7. The smallest absolute Gasteiger partial charge is 0.347 e. The largest absolute Gasteiger partial charge is 0.507 e. The molecule has 47 heavy (non-hydrogen) atoms. The summed E-state index contributed by atoms with van der Waals surface area (Å²) in [5.41, 5.74) is 4.83. The van der Waals surface area contributed by atoms with E-state index in [9.17, 15) is 14.7 Å². The van der Waals surface area contributed by atoms with Gasteiger partial charge in [0.25, 0.3) is 5.91 Å². The van der Waals surface area contributed by atoms with E-state index >= 15 is 0 Å². The number of hydrogen-bond acceptors (Lipinski definition) is 10. The van der Waals surface area contributed by atoms with Crippen molar-refractivity contribution in [1.82, 2.24) is 24.8 Å². The molecule has 11 heteroatoms. The molecule has 238 valence electrons. The first-order valence-corrected chi connectivity index (χ1v) is 15.3. The summed E-state index contributed by atoms with van der Waals surface area (Å²) < 4.78 is 5.77. The van der Waals surface area contributed by atoms with Crippen LogP contribution in [0.25, 0.3) is 11.3 Å². The summed E-state index contributed by atoms with van der Waals surface area (Å²) in [6, 6.07) is 22.5. The minimum atomic E-state index is -0.760. The molecule has 0 aliphatic carbocycles. The molecule has 11 nitrogen and oxygen atoms in total. The van der Waals surface area contributed by atoms with E-state index in [0.29, 0.717) is 23.9 Å². The first-order chi connectivity index (χ1) is 22.8. The van der Waals surface area contributed by atoms with Crippen molar-refractivity contribution in [3.8, 4) is 22.8 Å². The summed E-state index contributed by atoms with van der Waals surface area (Å²) in [5, 5.41) is 16.4. The van der Waals surface area contributed by atoms with Gasteiger partial charge in [-0.05, 0) is 79.7 Å². The average molecular weight is 630 g/mol. The van der Waals surface area contributed by atoms with Crippen LogP contribution < -0.4 is 15.4 Å². The fourth-order valence-corrected chi connectivity index (χ4v) is 5.25. The lowest BCUT2D eigenvalue weighted by molar-refractivity contribution is 0.0729. The molecule has 0 atom stereocenters. The predicted molar refractivity (Wildman–Crippen MR) is 180 cm³/mol. The van der Waals surface area contributed by atoms with Crippen molar-refractivity contribution in [1.29, 1.82) is 0 Å². The summed E-state index contributed by atoms with van der Waals surface area (Å²) in [6.45, 7) is 6.33.